The van der Waals surface area contributed by atoms with Crippen LogP contribution in [0.3, 0.4) is 0 Å². The van der Waals surface area contributed by atoms with Gasteiger partial charge in [0.25, 0.3) is 0 Å². The van der Waals surface area contributed by atoms with Crippen molar-refractivity contribution in [3.8, 4) is 11.1 Å². The van der Waals surface area contributed by atoms with Crippen molar-refractivity contribution < 1.29 is 18.7 Å². The molecule has 5 rings (SSSR count). The molecule has 8 nitrogen and oxygen atoms in total. The van der Waals surface area contributed by atoms with E-state index in [0.717, 1.165) is 48.3 Å². The molecule has 0 unspecified atom stereocenters. The molecule has 2 aliphatic heterocycles. The summed E-state index contributed by atoms with van der Waals surface area (Å²) in [5, 5.41) is 4.47. The lowest BCUT2D eigenvalue weighted by Crippen LogP contribution is -2.49. The highest BCUT2D eigenvalue weighted by molar-refractivity contribution is 5.80. The molecule has 38 heavy (non-hydrogen) atoms. The molecule has 2 saturated heterocycles. The number of likely N-dealkylation sites (tertiary alicyclic amines) is 1. The topological polar surface area (TPSA) is 62.6 Å². The van der Waals surface area contributed by atoms with Gasteiger partial charge in [0.05, 0.1) is 23.4 Å². The van der Waals surface area contributed by atoms with E-state index < -0.39 is 5.60 Å². The van der Waals surface area contributed by atoms with Crippen molar-refractivity contribution in [1.82, 2.24) is 19.4 Å². The van der Waals surface area contributed by atoms with Gasteiger partial charge in [-0.15, -0.1) is 0 Å². The summed E-state index contributed by atoms with van der Waals surface area (Å²) in [5.74, 6) is -0.259. The Labute approximate surface area is 223 Å². The molecule has 0 radical (unpaired) electrons. The summed E-state index contributed by atoms with van der Waals surface area (Å²) in [6, 6.07) is 9.99. The molecule has 0 N–H and O–H groups in total. The smallest absolute Gasteiger partial charge is 0.409 e. The van der Waals surface area contributed by atoms with Gasteiger partial charge in [-0.3, -0.25) is 0 Å². The number of piperidine rings is 1. The minimum Gasteiger partial charge on any atom is -0.450 e. The minimum atomic E-state index is -0.462. The number of amides is 1. The fourth-order valence-corrected chi connectivity index (χ4v) is 5.80. The summed E-state index contributed by atoms with van der Waals surface area (Å²) >= 11 is 0. The van der Waals surface area contributed by atoms with Gasteiger partial charge in [0, 0.05) is 75.9 Å². The second kappa shape index (κ2) is 10.9. The highest BCUT2D eigenvalue weighted by atomic mass is 19.1. The fourth-order valence-electron chi connectivity index (χ4n) is 5.80. The average Bonchev–Trinajstić information content (AvgIpc) is 3.37. The Morgan fingerprint density at radius 3 is 2.45 bits per heavy atom. The van der Waals surface area contributed by atoms with Crippen molar-refractivity contribution in [1.29, 1.82) is 0 Å². The van der Waals surface area contributed by atoms with Crippen LogP contribution in [-0.2, 0) is 15.1 Å². The molecule has 0 saturated carbocycles. The quantitative estimate of drug-likeness (QED) is 0.464. The number of rotatable bonds is 6. The Morgan fingerprint density at radius 1 is 1.08 bits per heavy atom. The summed E-state index contributed by atoms with van der Waals surface area (Å²) in [7, 11) is 1.73. The number of anilines is 1. The highest BCUT2D eigenvalue weighted by Gasteiger charge is 2.37. The molecule has 2 aromatic heterocycles. The average molecular weight is 524 g/mol. The molecule has 0 atom stereocenters. The second-order valence-corrected chi connectivity index (χ2v) is 10.5. The van der Waals surface area contributed by atoms with E-state index in [4.69, 9.17) is 9.47 Å². The van der Waals surface area contributed by atoms with Gasteiger partial charge in [0.2, 0.25) is 0 Å². The van der Waals surface area contributed by atoms with Crippen molar-refractivity contribution in [2.24, 2.45) is 0 Å². The zero-order valence-electron chi connectivity index (χ0n) is 22.8. The van der Waals surface area contributed by atoms with Gasteiger partial charge in [-0.25, -0.2) is 13.7 Å². The van der Waals surface area contributed by atoms with Crippen molar-refractivity contribution in [2.45, 2.75) is 45.3 Å². The Morgan fingerprint density at radius 2 is 1.82 bits per heavy atom. The van der Waals surface area contributed by atoms with Gasteiger partial charge in [-0.2, -0.15) is 5.10 Å². The zero-order valence-corrected chi connectivity index (χ0v) is 22.8. The molecule has 2 fully saturated rings. The van der Waals surface area contributed by atoms with Crippen molar-refractivity contribution in [2.75, 3.05) is 57.9 Å². The van der Waals surface area contributed by atoms with Crippen LogP contribution in [0, 0.1) is 5.82 Å². The number of fused-ring (bicyclic) bond motifs is 1. The number of nitrogens with zero attached hydrogens (tertiary/aromatic N) is 5. The molecule has 2 aliphatic rings. The maximum absolute atomic E-state index is 15.6. The van der Waals surface area contributed by atoms with Gasteiger partial charge in [-0.1, -0.05) is 12.1 Å². The maximum Gasteiger partial charge on any atom is 0.409 e. The molecule has 9 heteroatoms. The number of carbonyl (C=O) groups is 1. The standard InChI is InChI=1S/C29H38FN5O3/c1-5-38-28(36)34-16-14-33(15-17-34)26-8-11-31-35-20-22(18-27(26)35)24-7-6-23(19-25(24)30)29(37-4)9-12-32(13-10-29)21(2)3/h6-8,11,18-21H,5,9-10,12-17H2,1-4H3. The van der Waals surface area contributed by atoms with E-state index in [1.54, 1.807) is 28.8 Å². The number of halogens is 1. The van der Waals surface area contributed by atoms with Crippen LogP contribution >= 0.6 is 0 Å². The van der Waals surface area contributed by atoms with Gasteiger partial charge >= 0.3 is 6.09 Å². The van der Waals surface area contributed by atoms with Crippen LogP contribution in [0.1, 0.15) is 39.2 Å². The first kappa shape index (κ1) is 26.4. The van der Waals surface area contributed by atoms with Gasteiger partial charge in [0.1, 0.15) is 5.82 Å². The Hall–Kier alpha value is -3.17. The molecule has 0 bridgehead atoms. The molecular formula is C29H38FN5O3. The number of benzene rings is 1. The third kappa shape index (κ3) is 4.97. The second-order valence-electron chi connectivity index (χ2n) is 10.5. The van der Waals surface area contributed by atoms with E-state index in [2.05, 4.69) is 28.7 Å². The highest BCUT2D eigenvalue weighted by Crippen LogP contribution is 2.39. The van der Waals surface area contributed by atoms with E-state index in [1.807, 2.05) is 37.4 Å². The number of carbonyl (C=O) groups excluding carboxylic acids is 1. The third-order valence-electron chi connectivity index (χ3n) is 8.17. The van der Waals surface area contributed by atoms with Crippen LogP contribution in [0.2, 0.25) is 0 Å². The molecule has 4 heterocycles. The van der Waals surface area contributed by atoms with Crippen LogP contribution in [0.5, 0.6) is 0 Å². The van der Waals surface area contributed by atoms with Crippen LogP contribution in [-0.4, -0.2) is 84.5 Å². The van der Waals surface area contributed by atoms with Crippen molar-refractivity contribution in [3.05, 3.63) is 54.1 Å². The molecule has 1 aromatic carbocycles. The number of aromatic nitrogens is 2. The SMILES string of the molecule is CCOC(=O)N1CCN(c2ccnn3cc(-c4ccc(C5(OC)CCN(C(C)C)CC5)cc4F)cc23)CC1. The summed E-state index contributed by atoms with van der Waals surface area (Å²) in [6.07, 6.45) is 5.05. The summed E-state index contributed by atoms with van der Waals surface area (Å²) < 4.78 is 28.6. The third-order valence-corrected chi connectivity index (χ3v) is 8.17. The summed E-state index contributed by atoms with van der Waals surface area (Å²) in [5.41, 5.74) is 3.68. The monoisotopic (exact) mass is 523 g/mol. The Bertz CT molecular complexity index is 1280. The van der Waals surface area contributed by atoms with Crippen molar-refractivity contribution >= 4 is 17.3 Å². The van der Waals surface area contributed by atoms with Gasteiger partial charge in [0.15, 0.2) is 0 Å². The predicted molar refractivity (Wildman–Crippen MR) is 146 cm³/mol. The summed E-state index contributed by atoms with van der Waals surface area (Å²) in [6.45, 7) is 11.0. The van der Waals surface area contributed by atoms with Crippen LogP contribution in [0.25, 0.3) is 16.6 Å². The molecular weight excluding hydrogens is 485 g/mol. The largest absolute Gasteiger partial charge is 0.450 e. The predicted octanol–water partition coefficient (Wildman–Crippen LogP) is 4.76. The Kier molecular flexibility index (Phi) is 7.59. The van der Waals surface area contributed by atoms with E-state index in [-0.39, 0.29) is 11.9 Å². The lowest BCUT2D eigenvalue weighted by molar-refractivity contribution is -0.0671. The normalized spacial score (nSPS) is 18.4. The van der Waals surface area contributed by atoms with Crippen LogP contribution in [0.15, 0.2) is 42.7 Å². The number of hydrogen-bond donors (Lipinski definition) is 0. The first-order chi connectivity index (χ1) is 18.3. The zero-order chi connectivity index (χ0) is 26.9. The maximum atomic E-state index is 15.6. The minimum absolute atomic E-state index is 0.259. The molecule has 1 amide bonds. The first-order valence-electron chi connectivity index (χ1n) is 13.6. The molecule has 3 aromatic rings. The van der Waals surface area contributed by atoms with Gasteiger partial charge in [-0.05, 0) is 57.4 Å². The lowest BCUT2D eigenvalue weighted by atomic mass is 9.83. The number of hydrogen-bond acceptors (Lipinski definition) is 6. The fraction of sp³-hybridized carbons (Fsp3) is 0.517. The van der Waals surface area contributed by atoms with E-state index in [1.165, 1.54) is 0 Å². The first-order valence-corrected chi connectivity index (χ1v) is 13.6. The van der Waals surface area contributed by atoms with E-state index in [0.29, 0.717) is 44.4 Å². The van der Waals surface area contributed by atoms with Crippen LogP contribution in [0.4, 0.5) is 14.9 Å². The van der Waals surface area contributed by atoms with E-state index >= 15 is 4.39 Å². The number of methoxy groups -OCH3 is 1. The number of ether oxygens (including phenoxy) is 2. The molecule has 204 valence electrons. The van der Waals surface area contributed by atoms with E-state index in [9.17, 15) is 4.79 Å². The molecule has 0 spiro atoms. The summed E-state index contributed by atoms with van der Waals surface area (Å²) in [4.78, 5) is 18.5. The lowest BCUT2D eigenvalue weighted by Gasteiger charge is -2.42. The van der Waals surface area contributed by atoms with Gasteiger partial charge < -0.3 is 24.2 Å². The van der Waals surface area contributed by atoms with Crippen LogP contribution < -0.4 is 4.90 Å². The number of piperazine rings is 1. The Balaban J connectivity index is 1.37. The van der Waals surface area contributed by atoms with Crippen molar-refractivity contribution in [3.63, 3.8) is 0 Å². The molecule has 0 aliphatic carbocycles.